The van der Waals surface area contributed by atoms with Crippen LogP contribution in [-0.2, 0) is 12.8 Å². The Morgan fingerprint density at radius 3 is 2.42 bits per heavy atom. The second-order valence-corrected chi connectivity index (χ2v) is 7.84. The zero-order valence-corrected chi connectivity index (χ0v) is 18.5. The number of fused-ring (bicyclic) bond motifs is 1. The van der Waals surface area contributed by atoms with Crippen LogP contribution in [0.4, 0.5) is 13.2 Å². The number of rotatable bonds is 5. The van der Waals surface area contributed by atoms with Gasteiger partial charge in [-0.25, -0.2) is 0 Å². The summed E-state index contributed by atoms with van der Waals surface area (Å²) in [5.41, 5.74) is -1.00. The van der Waals surface area contributed by atoms with E-state index in [9.17, 15) is 18.0 Å². The molecule has 0 radical (unpaired) electrons. The van der Waals surface area contributed by atoms with Crippen molar-refractivity contribution in [3.05, 3.63) is 92.3 Å². The largest absolute Gasteiger partial charge is 0.496 e. The van der Waals surface area contributed by atoms with Gasteiger partial charge < -0.3 is 13.9 Å². The molecule has 0 bridgehead atoms. The lowest BCUT2D eigenvalue weighted by atomic mass is 10.0. The molecule has 0 amide bonds. The molecule has 0 unspecified atom stereocenters. The number of ether oxygens (including phenoxy) is 2. The van der Waals surface area contributed by atoms with Gasteiger partial charge in [0.25, 0.3) is 0 Å². The molecule has 0 atom stereocenters. The summed E-state index contributed by atoms with van der Waals surface area (Å²) in [6.07, 6.45) is -4.92. The molecule has 0 spiro atoms. The number of hydrogen-bond acceptors (Lipinski definition) is 4. The van der Waals surface area contributed by atoms with Crippen molar-refractivity contribution in [2.75, 3.05) is 7.11 Å². The Hall–Kier alpha value is -3.16. The van der Waals surface area contributed by atoms with E-state index in [1.54, 1.807) is 24.3 Å². The first kappa shape index (κ1) is 23.0. The van der Waals surface area contributed by atoms with Crippen LogP contribution in [0.3, 0.4) is 0 Å². The number of halogens is 5. The number of hydrogen-bond donors (Lipinski definition) is 0. The minimum absolute atomic E-state index is 0.0112. The zero-order valence-electron chi connectivity index (χ0n) is 17.0. The van der Waals surface area contributed by atoms with Crippen molar-refractivity contribution in [2.45, 2.75) is 12.8 Å². The first-order valence-electron chi connectivity index (χ1n) is 9.57. The van der Waals surface area contributed by atoms with Crippen LogP contribution in [0, 0.1) is 0 Å². The van der Waals surface area contributed by atoms with Gasteiger partial charge in [0.15, 0.2) is 0 Å². The minimum atomic E-state index is -4.92. The van der Waals surface area contributed by atoms with Crippen molar-refractivity contribution < 1.29 is 27.1 Å². The van der Waals surface area contributed by atoms with Crippen LogP contribution in [0.15, 0.2) is 69.9 Å². The molecular weight excluding hydrogens is 480 g/mol. The Bertz CT molecular complexity index is 1400. The van der Waals surface area contributed by atoms with Crippen LogP contribution in [-0.4, -0.2) is 7.11 Å². The van der Waals surface area contributed by atoms with Gasteiger partial charge in [-0.05, 0) is 35.9 Å². The van der Waals surface area contributed by atoms with Gasteiger partial charge in [-0.3, -0.25) is 4.79 Å². The van der Waals surface area contributed by atoms with Crippen molar-refractivity contribution in [1.29, 1.82) is 0 Å². The Morgan fingerprint density at radius 2 is 1.73 bits per heavy atom. The Balaban J connectivity index is 1.80. The summed E-state index contributed by atoms with van der Waals surface area (Å²) in [6.45, 7) is 0.0814. The fourth-order valence-corrected chi connectivity index (χ4v) is 3.68. The van der Waals surface area contributed by atoms with E-state index < -0.39 is 22.9 Å². The SMILES string of the molecule is COc1ccccc1-c1c(C(F)(F)F)oc2cc(OCc3ccc(Cl)c(Cl)c3)ccc2c1=O. The molecule has 4 rings (SSSR count). The Kier molecular flexibility index (Phi) is 6.28. The highest BCUT2D eigenvalue weighted by Gasteiger charge is 2.40. The van der Waals surface area contributed by atoms with Gasteiger partial charge in [0.1, 0.15) is 23.7 Å². The second-order valence-electron chi connectivity index (χ2n) is 7.03. The highest BCUT2D eigenvalue weighted by molar-refractivity contribution is 6.42. The zero-order chi connectivity index (χ0) is 23.8. The Labute approximate surface area is 196 Å². The lowest BCUT2D eigenvalue weighted by Crippen LogP contribution is -2.16. The van der Waals surface area contributed by atoms with E-state index in [2.05, 4.69) is 0 Å². The van der Waals surface area contributed by atoms with Crippen LogP contribution in [0.5, 0.6) is 11.5 Å². The van der Waals surface area contributed by atoms with Crippen molar-refractivity contribution >= 4 is 34.2 Å². The van der Waals surface area contributed by atoms with E-state index in [1.807, 2.05) is 0 Å². The predicted molar refractivity (Wildman–Crippen MR) is 120 cm³/mol. The molecule has 9 heteroatoms. The number of benzene rings is 3. The number of alkyl halides is 3. The van der Waals surface area contributed by atoms with Gasteiger partial charge in [0.05, 0.1) is 28.1 Å². The molecule has 4 aromatic rings. The highest BCUT2D eigenvalue weighted by Crippen LogP contribution is 2.40. The predicted octanol–water partition coefficient (Wildman–Crippen LogP) is 7.37. The third kappa shape index (κ3) is 4.65. The van der Waals surface area contributed by atoms with Gasteiger partial charge in [0, 0.05) is 11.6 Å². The number of methoxy groups -OCH3 is 1. The normalized spacial score (nSPS) is 11.6. The Morgan fingerprint density at radius 1 is 0.970 bits per heavy atom. The fourth-order valence-electron chi connectivity index (χ4n) is 3.35. The van der Waals surface area contributed by atoms with E-state index >= 15 is 0 Å². The lowest BCUT2D eigenvalue weighted by molar-refractivity contribution is -0.152. The standard InChI is InChI=1S/C24H15Cl2F3O4/c1-31-19-5-3-2-4-15(19)21-22(30)16-8-7-14(11-20(16)33-23(21)24(27,28)29)32-12-13-6-9-17(25)18(26)10-13/h2-11H,12H2,1H3. The third-order valence-electron chi connectivity index (χ3n) is 4.89. The topological polar surface area (TPSA) is 48.7 Å². The fraction of sp³-hybridized carbons (Fsp3) is 0.125. The molecule has 0 aliphatic rings. The summed E-state index contributed by atoms with van der Waals surface area (Å²) < 4.78 is 57.7. The quantitative estimate of drug-likeness (QED) is 0.290. The lowest BCUT2D eigenvalue weighted by Gasteiger charge is -2.15. The molecule has 0 fully saturated rings. The van der Waals surface area contributed by atoms with E-state index in [0.29, 0.717) is 15.6 Å². The first-order chi connectivity index (χ1) is 15.7. The highest BCUT2D eigenvalue weighted by atomic mass is 35.5. The molecule has 4 nitrogen and oxygen atoms in total. The molecule has 0 saturated carbocycles. The maximum atomic E-state index is 13.9. The number of para-hydroxylation sites is 1. The third-order valence-corrected chi connectivity index (χ3v) is 5.63. The van der Waals surface area contributed by atoms with Gasteiger partial charge in [0.2, 0.25) is 11.2 Å². The van der Waals surface area contributed by atoms with Crippen LogP contribution < -0.4 is 14.9 Å². The van der Waals surface area contributed by atoms with Gasteiger partial charge in [-0.15, -0.1) is 0 Å². The molecule has 0 saturated heterocycles. The molecule has 0 aliphatic carbocycles. The minimum Gasteiger partial charge on any atom is -0.496 e. The van der Waals surface area contributed by atoms with Crippen LogP contribution in [0.1, 0.15) is 11.3 Å². The van der Waals surface area contributed by atoms with Crippen molar-refractivity contribution in [1.82, 2.24) is 0 Å². The molecule has 1 aromatic heterocycles. The maximum Gasteiger partial charge on any atom is 0.450 e. The summed E-state index contributed by atoms with van der Waals surface area (Å²) >= 11 is 11.9. The molecule has 0 N–H and O–H groups in total. The molecule has 3 aromatic carbocycles. The van der Waals surface area contributed by atoms with Crippen LogP contribution >= 0.6 is 23.2 Å². The van der Waals surface area contributed by atoms with Gasteiger partial charge in [-0.2, -0.15) is 13.2 Å². The first-order valence-corrected chi connectivity index (χ1v) is 10.3. The van der Waals surface area contributed by atoms with Gasteiger partial charge >= 0.3 is 6.18 Å². The van der Waals surface area contributed by atoms with E-state index in [0.717, 1.165) is 0 Å². The second kappa shape index (κ2) is 9.00. The van der Waals surface area contributed by atoms with E-state index in [4.69, 9.17) is 37.1 Å². The smallest absolute Gasteiger partial charge is 0.450 e. The van der Waals surface area contributed by atoms with E-state index in [-0.39, 0.29) is 34.6 Å². The average molecular weight is 495 g/mol. The maximum absolute atomic E-state index is 13.9. The van der Waals surface area contributed by atoms with Gasteiger partial charge in [-0.1, -0.05) is 47.5 Å². The van der Waals surface area contributed by atoms with Crippen LogP contribution in [0.2, 0.25) is 10.0 Å². The monoisotopic (exact) mass is 494 g/mol. The summed E-state index contributed by atoms with van der Waals surface area (Å²) in [7, 11) is 1.31. The van der Waals surface area contributed by atoms with Crippen molar-refractivity contribution in [2.24, 2.45) is 0 Å². The summed E-state index contributed by atoms with van der Waals surface area (Å²) in [4.78, 5) is 13.1. The molecule has 0 aliphatic heterocycles. The van der Waals surface area contributed by atoms with Crippen molar-refractivity contribution in [3.8, 4) is 22.6 Å². The molecule has 33 heavy (non-hydrogen) atoms. The van der Waals surface area contributed by atoms with E-state index in [1.165, 1.54) is 43.5 Å². The molecule has 170 valence electrons. The van der Waals surface area contributed by atoms with Crippen LogP contribution in [0.25, 0.3) is 22.1 Å². The molecular formula is C24H15Cl2F3O4. The van der Waals surface area contributed by atoms with Crippen molar-refractivity contribution in [3.63, 3.8) is 0 Å². The summed E-state index contributed by atoms with van der Waals surface area (Å²) in [6, 6.07) is 15.0. The summed E-state index contributed by atoms with van der Waals surface area (Å²) in [5.74, 6) is -1.07. The average Bonchev–Trinajstić information content (AvgIpc) is 2.79. The molecule has 1 heterocycles. The summed E-state index contributed by atoms with van der Waals surface area (Å²) in [5, 5.41) is 0.713.